The summed E-state index contributed by atoms with van der Waals surface area (Å²) in [5, 5.41) is 19.9. The first-order valence-corrected chi connectivity index (χ1v) is 10.1. The van der Waals surface area contributed by atoms with Gasteiger partial charge in [0.2, 0.25) is 0 Å². The van der Waals surface area contributed by atoms with Gasteiger partial charge >= 0.3 is 0 Å². The summed E-state index contributed by atoms with van der Waals surface area (Å²) in [6, 6.07) is 16.8. The standard InChI is InChI=1S/C23H24N6O2/c1-28(14-12-26-21-8-10-24-20-5-3-2-4-18(20)21)15-13-27-22-9-11-25-23-16-17(29(30)31)6-7-19(22)23/h2-11,16H,12-15H2,1H3,(H,24,26)(H,25,27). The lowest BCUT2D eigenvalue weighted by Crippen LogP contribution is -2.29. The molecule has 0 saturated heterocycles. The number of non-ortho nitro benzene ring substituents is 1. The van der Waals surface area contributed by atoms with Crippen molar-refractivity contribution in [2.75, 3.05) is 43.9 Å². The molecule has 0 atom stereocenters. The Hall–Kier alpha value is -3.78. The molecule has 0 radical (unpaired) electrons. The lowest BCUT2D eigenvalue weighted by atomic mass is 10.1. The van der Waals surface area contributed by atoms with E-state index in [1.54, 1.807) is 12.3 Å². The second-order valence-corrected chi connectivity index (χ2v) is 7.35. The minimum absolute atomic E-state index is 0.0476. The van der Waals surface area contributed by atoms with Gasteiger partial charge in [0.15, 0.2) is 0 Å². The molecule has 0 unspecified atom stereocenters. The minimum Gasteiger partial charge on any atom is -0.383 e. The molecule has 0 bridgehead atoms. The third-order valence-electron chi connectivity index (χ3n) is 5.20. The van der Waals surface area contributed by atoms with Gasteiger partial charge in [-0.1, -0.05) is 18.2 Å². The number of aromatic nitrogens is 2. The molecule has 4 aromatic rings. The van der Waals surface area contributed by atoms with Crippen LogP contribution in [0.2, 0.25) is 0 Å². The van der Waals surface area contributed by atoms with Crippen LogP contribution in [0, 0.1) is 10.1 Å². The Morgan fingerprint density at radius 2 is 1.48 bits per heavy atom. The molecule has 31 heavy (non-hydrogen) atoms. The van der Waals surface area contributed by atoms with Gasteiger partial charge < -0.3 is 15.5 Å². The summed E-state index contributed by atoms with van der Waals surface area (Å²) in [4.78, 5) is 21.5. The quantitative estimate of drug-likeness (QED) is 0.313. The van der Waals surface area contributed by atoms with Crippen LogP contribution in [0.15, 0.2) is 67.0 Å². The fourth-order valence-corrected chi connectivity index (χ4v) is 3.53. The Kier molecular flexibility index (Phi) is 6.18. The molecule has 2 aromatic carbocycles. The fraction of sp³-hybridized carbons (Fsp3) is 0.217. The summed E-state index contributed by atoms with van der Waals surface area (Å²) in [6.45, 7) is 3.33. The van der Waals surface area contributed by atoms with Crippen LogP contribution < -0.4 is 10.6 Å². The smallest absolute Gasteiger partial charge is 0.271 e. The van der Waals surface area contributed by atoms with E-state index < -0.39 is 4.92 Å². The van der Waals surface area contributed by atoms with Gasteiger partial charge in [0, 0.05) is 72.9 Å². The second kappa shape index (κ2) is 9.36. The molecule has 2 N–H and O–H groups in total. The minimum atomic E-state index is -0.404. The number of para-hydroxylation sites is 1. The van der Waals surface area contributed by atoms with E-state index in [4.69, 9.17) is 0 Å². The zero-order valence-electron chi connectivity index (χ0n) is 17.3. The third kappa shape index (κ3) is 4.87. The molecule has 8 nitrogen and oxygen atoms in total. The number of hydrogen-bond acceptors (Lipinski definition) is 7. The lowest BCUT2D eigenvalue weighted by molar-refractivity contribution is -0.384. The normalized spacial score (nSPS) is 11.2. The molecule has 0 aliphatic heterocycles. The lowest BCUT2D eigenvalue weighted by Gasteiger charge is -2.19. The maximum atomic E-state index is 11.0. The fourth-order valence-electron chi connectivity index (χ4n) is 3.53. The van der Waals surface area contributed by atoms with Crippen LogP contribution in [-0.4, -0.2) is 53.0 Å². The van der Waals surface area contributed by atoms with Crippen LogP contribution in [0.1, 0.15) is 0 Å². The number of anilines is 2. The molecule has 0 aliphatic carbocycles. The molecule has 0 amide bonds. The Morgan fingerprint density at radius 1 is 0.871 bits per heavy atom. The number of likely N-dealkylation sites (N-methyl/N-ethyl adjacent to an activating group) is 1. The topological polar surface area (TPSA) is 96.2 Å². The van der Waals surface area contributed by atoms with Gasteiger partial charge in [-0.25, -0.2) is 0 Å². The molecule has 2 aromatic heterocycles. The van der Waals surface area contributed by atoms with Crippen LogP contribution in [-0.2, 0) is 0 Å². The van der Waals surface area contributed by atoms with Crippen LogP contribution in [0.25, 0.3) is 21.8 Å². The molecule has 0 aliphatic rings. The number of nitro benzene ring substituents is 1. The van der Waals surface area contributed by atoms with Crippen molar-refractivity contribution in [2.24, 2.45) is 0 Å². The zero-order chi connectivity index (χ0) is 21.6. The predicted octanol–water partition coefficient (Wildman–Crippen LogP) is 4.15. The summed E-state index contributed by atoms with van der Waals surface area (Å²) in [7, 11) is 2.09. The summed E-state index contributed by atoms with van der Waals surface area (Å²) in [5.74, 6) is 0. The van der Waals surface area contributed by atoms with Crippen LogP contribution >= 0.6 is 0 Å². The summed E-state index contributed by atoms with van der Waals surface area (Å²) < 4.78 is 0. The molecule has 2 heterocycles. The highest BCUT2D eigenvalue weighted by Crippen LogP contribution is 2.25. The van der Waals surface area contributed by atoms with Crippen molar-refractivity contribution in [1.29, 1.82) is 0 Å². The molecule has 4 rings (SSSR count). The van der Waals surface area contributed by atoms with Crippen LogP contribution in [0.3, 0.4) is 0 Å². The largest absolute Gasteiger partial charge is 0.383 e. The average molecular weight is 416 g/mol. The first-order chi connectivity index (χ1) is 15.1. The van der Waals surface area contributed by atoms with E-state index in [1.165, 1.54) is 12.1 Å². The van der Waals surface area contributed by atoms with Crippen LogP contribution in [0.5, 0.6) is 0 Å². The molecule has 0 saturated carbocycles. The summed E-state index contributed by atoms with van der Waals surface area (Å²) in [5.41, 5.74) is 3.66. The monoisotopic (exact) mass is 416 g/mol. The predicted molar refractivity (Wildman–Crippen MR) is 125 cm³/mol. The Morgan fingerprint density at radius 3 is 2.16 bits per heavy atom. The molecule has 8 heteroatoms. The van der Waals surface area contributed by atoms with Gasteiger partial charge in [-0.3, -0.25) is 20.1 Å². The first kappa shape index (κ1) is 20.5. The van der Waals surface area contributed by atoms with Gasteiger partial charge in [0.1, 0.15) is 0 Å². The first-order valence-electron chi connectivity index (χ1n) is 10.1. The number of hydrogen-bond donors (Lipinski definition) is 2. The van der Waals surface area contributed by atoms with Gasteiger partial charge in [-0.2, -0.15) is 0 Å². The average Bonchev–Trinajstić information content (AvgIpc) is 2.79. The van der Waals surface area contributed by atoms with Crippen molar-refractivity contribution in [3.8, 4) is 0 Å². The van der Waals surface area contributed by atoms with Crippen molar-refractivity contribution >= 4 is 38.9 Å². The van der Waals surface area contributed by atoms with Crippen molar-refractivity contribution in [1.82, 2.24) is 14.9 Å². The van der Waals surface area contributed by atoms with Gasteiger partial charge in [0.25, 0.3) is 5.69 Å². The molecular formula is C23H24N6O2. The third-order valence-corrected chi connectivity index (χ3v) is 5.20. The van der Waals surface area contributed by atoms with Crippen molar-refractivity contribution in [3.63, 3.8) is 0 Å². The number of pyridine rings is 2. The second-order valence-electron chi connectivity index (χ2n) is 7.35. The molecule has 158 valence electrons. The number of nitrogens with zero attached hydrogens (tertiary/aromatic N) is 4. The van der Waals surface area contributed by atoms with Gasteiger partial charge in [-0.15, -0.1) is 0 Å². The number of fused-ring (bicyclic) bond motifs is 2. The SMILES string of the molecule is CN(CCNc1ccnc2ccccc12)CCNc1ccnc2cc([N+](=O)[O-])ccc12. The number of rotatable bonds is 9. The van der Waals surface area contributed by atoms with E-state index in [9.17, 15) is 10.1 Å². The van der Waals surface area contributed by atoms with E-state index in [0.717, 1.165) is 53.8 Å². The molecular weight excluding hydrogens is 392 g/mol. The van der Waals surface area contributed by atoms with E-state index in [1.807, 2.05) is 36.5 Å². The van der Waals surface area contributed by atoms with Crippen molar-refractivity contribution in [2.45, 2.75) is 0 Å². The van der Waals surface area contributed by atoms with E-state index in [0.29, 0.717) is 5.52 Å². The number of nitro groups is 1. The Balaban J connectivity index is 1.28. The highest BCUT2D eigenvalue weighted by atomic mass is 16.6. The number of nitrogens with one attached hydrogen (secondary N) is 2. The van der Waals surface area contributed by atoms with E-state index >= 15 is 0 Å². The molecule has 0 fully saturated rings. The highest BCUT2D eigenvalue weighted by Gasteiger charge is 2.09. The zero-order valence-corrected chi connectivity index (χ0v) is 17.3. The maximum Gasteiger partial charge on any atom is 0.271 e. The Bertz CT molecular complexity index is 1210. The van der Waals surface area contributed by atoms with Crippen molar-refractivity contribution in [3.05, 3.63) is 77.1 Å². The number of benzene rings is 2. The summed E-state index contributed by atoms with van der Waals surface area (Å²) in [6.07, 6.45) is 3.49. The summed E-state index contributed by atoms with van der Waals surface area (Å²) >= 11 is 0. The Labute approximate surface area is 180 Å². The van der Waals surface area contributed by atoms with E-state index in [2.05, 4.69) is 38.6 Å². The highest BCUT2D eigenvalue weighted by molar-refractivity contribution is 5.92. The van der Waals surface area contributed by atoms with Crippen molar-refractivity contribution < 1.29 is 4.92 Å². The van der Waals surface area contributed by atoms with Gasteiger partial charge in [0.05, 0.1) is 16.0 Å². The maximum absolute atomic E-state index is 11.0. The van der Waals surface area contributed by atoms with E-state index in [-0.39, 0.29) is 5.69 Å². The molecule has 0 spiro atoms. The van der Waals surface area contributed by atoms with Gasteiger partial charge in [-0.05, 0) is 31.3 Å². The van der Waals surface area contributed by atoms with Crippen LogP contribution in [0.4, 0.5) is 17.1 Å².